The van der Waals surface area contributed by atoms with Gasteiger partial charge in [0.2, 0.25) is 5.96 Å². The van der Waals surface area contributed by atoms with Gasteiger partial charge in [0.15, 0.2) is 11.5 Å². The standard InChI is InChI=1S/C13H20N4O2/c1-3-4-7-19-11-6-5-10(8-12(11)18-2)9-16-17-13(14)15/h5-6,8-9H,3-4,7H2,1-2H3,(H4,14,15,17)/b16-9+. The predicted molar refractivity (Wildman–Crippen MR) is 76.8 cm³/mol. The van der Waals surface area contributed by atoms with Crippen molar-refractivity contribution in [3.05, 3.63) is 23.8 Å². The summed E-state index contributed by atoms with van der Waals surface area (Å²) < 4.78 is 10.9. The molecule has 6 nitrogen and oxygen atoms in total. The van der Waals surface area contributed by atoms with Crippen molar-refractivity contribution in [2.45, 2.75) is 19.8 Å². The van der Waals surface area contributed by atoms with Gasteiger partial charge < -0.3 is 20.9 Å². The molecule has 4 N–H and O–H groups in total. The highest BCUT2D eigenvalue weighted by molar-refractivity contribution is 5.82. The van der Waals surface area contributed by atoms with Crippen LogP contribution in [0.1, 0.15) is 25.3 Å². The summed E-state index contributed by atoms with van der Waals surface area (Å²) in [7, 11) is 1.60. The highest BCUT2D eigenvalue weighted by Gasteiger charge is 2.04. The number of hydrogen-bond donors (Lipinski definition) is 2. The van der Waals surface area contributed by atoms with Crippen molar-refractivity contribution in [3.63, 3.8) is 0 Å². The maximum atomic E-state index is 5.63. The Morgan fingerprint density at radius 2 is 2.11 bits per heavy atom. The molecule has 104 valence electrons. The summed E-state index contributed by atoms with van der Waals surface area (Å²) in [5.41, 5.74) is 11.2. The zero-order valence-corrected chi connectivity index (χ0v) is 11.3. The van der Waals surface area contributed by atoms with E-state index < -0.39 is 0 Å². The van der Waals surface area contributed by atoms with E-state index in [1.165, 1.54) is 6.21 Å². The van der Waals surface area contributed by atoms with Crippen LogP contribution in [-0.2, 0) is 0 Å². The molecule has 19 heavy (non-hydrogen) atoms. The summed E-state index contributed by atoms with van der Waals surface area (Å²) in [5, 5.41) is 7.27. The summed E-state index contributed by atoms with van der Waals surface area (Å²) in [6.07, 6.45) is 3.64. The van der Waals surface area contributed by atoms with E-state index in [0.717, 1.165) is 24.2 Å². The van der Waals surface area contributed by atoms with Crippen LogP contribution in [0, 0.1) is 0 Å². The maximum absolute atomic E-state index is 5.63. The Labute approximate surface area is 113 Å². The minimum absolute atomic E-state index is 0.0808. The number of nitrogens with zero attached hydrogens (tertiary/aromatic N) is 2. The molecule has 0 unspecified atom stereocenters. The lowest BCUT2D eigenvalue weighted by Gasteiger charge is -2.10. The number of unbranched alkanes of at least 4 members (excludes halogenated alkanes) is 1. The van der Waals surface area contributed by atoms with Crippen LogP contribution < -0.4 is 20.9 Å². The quantitative estimate of drug-likeness (QED) is 0.337. The van der Waals surface area contributed by atoms with Gasteiger partial charge in [0.1, 0.15) is 0 Å². The molecule has 0 aliphatic heterocycles. The molecule has 1 aromatic rings. The lowest BCUT2D eigenvalue weighted by molar-refractivity contribution is 0.288. The maximum Gasteiger partial charge on any atom is 0.211 e. The summed E-state index contributed by atoms with van der Waals surface area (Å²) in [6, 6.07) is 5.51. The number of rotatable bonds is 7. The summed E-state index contributed by atoms with van der Waals surface area (Å²) in [4.78, 5) is 0. The van der Waals surface area contributed by atoms with Crippen molar-refractivity contribution in [1.29, 1.82) is 0 Å². The van der Waals surface area contributed by atoms with Gasteiger partial charge in [-0.25, -0.2) is 0 Å². The average molecular weight is 264 g/mol. The monoisotopic (exact) mass is 264 g/mol. The molecule has 0 spiro atoms. The van der Waals surface area contributed by atoms with Crippen LogP contribution in [0.25, 0.3) is 0 Å². The van der Waals surface area contributed by atoms with Crippen molar-refractivity contribution in [2.75, 3.05) is 13.7 Å². The summed E-state index contributed by atoms with van der Waals surface area (Å²) in [6.45, 7) is 2.79. The third kappa shape index (κ3) is 5.29. The van der Waals surface area contributed by atoms with E-state index in [0.29, 0.717) is 12.4 Å². The topological polar surface area (TPSA) is 95.2 Å². The van der Waals surface area contributed by atoms with E-state index in [1.807, 2.05) is 18.2 Å². The highest BCUT2D eigenvalue weighted by atomic mass is 16.5. The molecule has 0 saturated heterocycles. The SMILES string of the molecule is CCCCOc1ccc(/C=N/N=C(N)N)cc1OC. The molecule has 0 bridgehead atoms. The minimum Gasteiger partial charge on any atom is -0.493 e. The number of nitrogens with two attached hydrogens (primary N) is 2. The van der Waals surface area contributed by atoms with Crippen molar-refractivity contribution in [1.82, 2.24) is 0 Å². The molecule has 1 aromatic carbocycles. The van der Waals surface area contributed by atoms with Gasteiger partial charge in [0.05, 0.1) is 19.9 Å². The van der Waals surface area contributed by atoms with Gasteiger partial charge in [-0.05, 0) is 30.2 Å². The van der Waals surface area contributed by atoms with Crippen LogP contribution in [0.3, 0.4) is 0 Å². The third-order valence-corrected chi connectivity index (χ3v) is 2.32. The second kappa shape index (κ2) is 7.97. The Morgan fingerprint density at radius 3 is 2.74 bits per heavy atom. The zero-order valence-electron chi connectivity index (χ0n) is 11.3. The van der Waals surface area contributed by atoms with E-state index in [4.69, 9.17) is 20.9 Å². The number of guanidine groups is 1. The van der Waals surface area contributed by atoms with Gasteiger partial charge >= 0.3 is 0 Å². The van der Waals surface area contributed by atoms with Crippen LogP contribution >= 0.6 is 0 Å². The molecule has 6 heteroatoms. The fraction of sp³-hybridized carbons (Fsp3) is 0.385. The van der Waals surface area contributed by atoms with Crippen LogP contribution in [0.4, 0.5) is 0 Å². The Morgan fingerprint density at radius 1 is 1.32 bits per heavy atom. The first-order chi connectivity index (χ1) is 9.17. The first-order valence-corrected chi connectivity index (χ1v) is 6.10. The van der Waals surface area contributed by atoms with E-state index in [-0.39, 0.29) is 5.96 Å². The van der Waals surface area contributed by atoms with Gasteiger partial charge in [-0.3, -0.25) is 0 Å². The number of benzene rings is 1. The lowest BCUT2D eigenvalue weighted by Crippen LogP contribution is -2.21. The molecule has 0 aliphatic rings. The van der Waals surface area contributed by atoms with E-state index in [9.17, 15) is 0 Å². The van der Waals surface area contributed by atoms with Crippen LogP contribution in [0.2, 0.25) is 0 Å². The Balaban J connectivity index is 2.77. The Kier molecular flexibility index (Phi) is 6.21. The largest absolute Gasteiger partial charge is 0.493 e. The van der Waals surface area contributed by atoms with E-state index >= 15 is 0 Å². The van der Waals surface area contributed by atoms with Crippen molar-refractivity contribution in [2.24, 2.45) is 21.7 Å². The van der Waals surface area contributed by atoms with E-state index in [1.54, 1.807) is 7.11 Å². The number of methoxy groups -OCH3 is 1. The Bertz CT molecular complexity index is 454. The summed E-state index contributed by atoms with van der Waals surface area (Å²) >= 11 is 0. The lowest BCUT2D eigenvalue weighted by atomic mass is 10.2. The molecular formula is C13H20N4O2. The fourth-order valence-electron chi connectivity index (χ4n) is 1.37. The second-order valence-corrected chi connectivity index (χ2v) is 3.88. The molecule has 0 heterocycles. The molecule has 0 aliphatic carbocycles. The molecular weight excluding hydrogens is 244 g/mol. The Hall–Kier alpha value is -2.24. The third-order valence-electron chi connectivity index (χ3n) is 2.32. The molecule has 0 saturated carbocycles. The van der Waals surface area contributed by atoms with Gasteiger partial charge in [-0.15, -0.1) is 5.10 Å². The average Bonchev–Trinajstić information content (AvgIpc) is 2.39. The first kappa shape index (κ1) is 14.8. The number of ether oxygens (including phenoxy) is 2. The molecule has 1 rings (SSSR count). The van der Waals surface area contributed by atoms with Gasteiger partial charge in [-0.1, -0.05) is 13.3 Å². The highest BCUT2D eigenvalue weighted by Crippen LogP contribution is 2.27. The molecule has 0 amide bonds. The minimum atomic E-state index is -0.0808. The summed E-state index contributed by atoms with van der Waals surface area (Å²) in [5.74, 6) is 1.29. The zero-order chi connectivity index (χ0) is 14.1. The van der Waals surface area contributed by atoms with Crippen LogP contribution in [-0.4, -0.2) is 25.9 Å². The predicted octanol–water partition coefficient (Wildman–Crippen LogP) is 1.48. The number of hydrogen-bond acceptors (Lipinski definition) is 4. The van der Waals surface area contributed by atoms with Gasteiger partial charge in [0.25, 0.3) is 0 Å². The molecule has 0 fully saturated rings. The van der Waals surface area contributed by atoms with Crippen LogP contribution in [0.15, 0.2) is 28.4 Å². The first-order valence-electron chi connectivity index (χ1n) is 6.10. The van der Waals surface area contributed by atoms with Crippen molar-refractivity contribution >= 4 is 12.2 Å². The van der Waals surface area contributed by atoms with Crippen molar-refractivity contribution < 1.29 is 9.47 Å². The van der Waals surface area contributed by atoms with Gasteiger partial charge in [0, 0.05) is 0 Å². The van der Waals surface area contributed by atoms with E-state index in [2.05, 4.69) is 17.1 Å². The van der Waals surface area contributed by atoms with Crippen molar-refractivity contribution in [3.8, 4) is 11.5 Å². The normalized spacial score (nSPS) is 10.4. The van der Waals surface area contributed by atoms with Crippen LogP contribution in [0.5, 0.6) is 11.5 Å². The molecule has 0 radical (unpaired) electrons. The van der Waals surface area contributed by atoms with Gasteiger partial charge in [-0.2, -0.15) is 5.10 Å². The fourth-order valence-corrected chi connectivity index (χ4v) is 1.37. The molecule has 0 atom stereocenters. The second-order valence-electron chi connectivity index (χ2n) is 3.88. The smallest absolute Gasteiger partial charge is 0.211 e. The molecule has 0 aromatic heterocycles.